The second-order valence-corrected chi connectivity index (χ2v) is 7.39. The predicted octanol–water partition coefficient (Wildman–Crippen LogP) is 3.57. The molecule has 0 radical (unpaired) electrons. The van der Waals surface area contributed by atoms with Crippen molar-refractivity contribution in [1.82, 2.24) is 19.8 Å². The second-order valence-electron chi connectivity index (χ2n) is 7.39. The summed E-state index contributed by atoms with van der Waals surface area (Å²) in [5.41, 5.74) is 1.05. The SMILES string of the molecule is CCNC(=NCCOCc1ccccc1OC)N1CCC(C)C(n2ccnc2)C1.I. The maximum absolute atomic E-state index is 5.83. The standard InChI is InChI=1S/C22H33N5O2.HI/c1-4-24-22(25-11-14-29-16-19-7-5-6-8-21(19)28-3)26-12-9-18(2)20(15-26)27-13-10-23-17-27;/h5-8,10,13,17-18,20H,4,9,11-12,14-16H2,1-3H3,(H,24,25);1H. The van der Waals surface area contributed by atoms with Crippen LogP contribution in [0, 0.1) is 5.92 Å². The fraction of sp³-hybridized carbons (Fsp3) is 0.545. The van der Waals surface area contributed by atoms with Crippen molar-refractivity contribution in [2.75, 3.05) is 39.9 Å². The number of benzene rings is 1. The van der Waals surface area contributed by atoms with E-state index in [1.165, 1.54) is 0 Å². The highest BCUT2D eigenvalue weighted by Crippen LogP contribution is 2.27. The quantitative estimate of drug-likeness (QED) is 0.246. The number of aliphatic imine (C=N–C) groups is 1. The van der Waals surface area contributed by atoms with E-state index in [2.05, 4.69) is 39.8 Å². The Balaban J connectivity index is 0.00000320. The molecule has 2 aromatic rings. The van der Waals surface area contributed by atoms with Gasteiger partial charge < -0.3 is 24.3 Å². The van der Waals surface area contributed by atoms with Gasteiger partial charge in [-0.05, 0) is 25.3 Å². The molecule has 2 heterocycles. The lowest BCUT2D eigenvalue weighted by Crippen LogP contribution is -2.49. The fourth-order valence-electron chi connectivity index (χ4n) is 3.74. The Labute approximate surface area is 196 Å². The van der Waals surface area contributed by atoms with E-state index in [4.69, 9.17) is 14.5 Å². The van der Waals surface area contributed by atoms with Gasteiger partial charge in [0, 0.05) is 37.6 Å². The number of nitrogens with zero attached hydrogens (tertiary/aromatic N) is 4. The highest BCUT2D eigenvalue weighted by Gasteiger charge is 2.28. The molecular formula is C22H34IN5O2. The summed E-state index contributed by atoms with van der Waals surface area (Å²) >= 11 is 0. The van der Waals surface area contributed by atoms with Crippen LogP contribution in [0.15, 0.2) is 48.0 Å². The maximum Gasteiger partial charge on any atom is 0.194 e. The molecule has 1 fully saturated rings. The van der Waals surface area contributed by atoms with E-state index < -0.39 is 0 Å². The molecule has 1 aliphatic rings. The number of imidazole rings is 1. The van der Waals surface area contributed by atoms with Crippen LogP contribution in [-0.2, 0) is 11.3 Å². The van der Waals surface area contributed by atoms with Crippen LogP contribution in [0.2, 0.25) is 0 Å². The van der Waals surface area contributed by atoms with Gasteiger partial charge in [-0.15, -0.1) is 24.0 Å². The summed E-state index contributed by atoms with van der Waals surface area (Å²) in [5, 5.41) is 3.44. The van der Waals surface area contributed by atoms with Gasteiger partial charge in [-0.1, -0.05) is 25.1 Å². The minimum atomic E-state index is 0. The van der Waals surface area contributed by atoms with E-state index in [0.29, 0.717) is 31.7 Å². The summed E-state index contributed by atoms with van der Waals surface area (Å²) < 4.78 is 13.4. The zero-order chi connectivity index (χ0) is 20.5. The van der Waals surface area contributed by atoms with E-state index in [9.17, 15) is 0 Å². The van der Waals surface area contributed by atoms with Gasteiger partial charge >= 0.3 is 0 Å². The van der Waals surface area contributed by atoms with E-state index in [-0.39, 0.29) is 24.0 Å². The van der Waals surface area contributed by atoms with Crippen LogP contribution in [0.25, 0.3) is 0 Å². The first-order chi connectivity index (χ1) is 14.2. The van der Waals surface area contributed by atoms with Gasteiger partial charge in [0.15, 0.2) is 5.96 Å². The van der Waals surface area contributed by atoms with Gasteiger partial charge in [-0.3, -0.25) is 4.99 Å². The minimum Gasteiger partial charge on any atom is -0.496 e. The zero-order valence-electron chi connectivity index (χ0n) is 18.2. The number of hydrogen-bond donors (Lipinski definition) is 1. The van der Waals surface area contributed by atoms with Crippen LogP contribution >= 0.6 is 24.0 Å². The molecule has 0 amide bonds. The van der Waals surface area contributed by atoms with E-state index in [0.717, 1.165) is 43.3 Å². The lowest BCUT2D eigenvalue weighted by Gasteiger charge is -2.39. The Morgan fingerprint density at radius 1 is 1.33 bits per heavy atom. The molecule has 1 aliphatic heterocycles. The molecule has 2 unspecified atom stereocenters. The summed E-state index contributed by atoms with van der Waals surface area (Å²) in [7, 11) is 1.68. The Morgan fingerprint density at radius 3 is 2.90 bits per heavy atom. The van der Waals surface area contributed by atoms with Crippen molar-refractivity contribution in [3.8, 4) is 5.75 Å². The van der Waals surface area contributed by atoms with E-state index in [1.807, 2.05) is 36.8 Å². The van der Waals surface area contributed by atoms with Crippen LogP contribution in [-0.4, -0.2) is 60.3 Å². The van der Waals surface area contributed by atoms with Gasteiger partial charge in [0.25, 0.3) is 0 Å². The predicted molar refractivity (Wildman–Crippen MR) is 131 cm³/mol. The number of hydrogen-bond acceptors (Lipinski definition) is 4. The third kappa shape index (κ3) is 6.60. The largest absolute Gasteiger partial charge is 0.496 e. The Kier molecular flexibility index (Phi) is 10.4. The molecule has 0 aliphatic carbocycles. The molecule has 1 N–H and O–H groups in total. The zero-order valence-corrected chi connectivity index (χ0v) is 20.5. The number of ether oxygens (including phenoxy) is 2. The first kappa shape index (κ1) is 24.5. The molecule has 30 heavy (non-hydrogen) atoms. The molecule has 0 saturated carbocycles. The summed E-state index contributed by atoms with van der Waals surface area (Å²) in [6.07, 6.45) is 6.96. The molecule has 166 valence electrons. The topological polar surface area (TPSA) is 63.9 Å². The summed E-state index contributed by atoms with van der Waals surface area (Å²) in [6, 6.07) is 8.35. The van der Waals surface area contributed by atoms with Crippen molar-refractivity contribution < 1.29 is 9.47 Å². The lowest BCUT2D eigenvalue weighted by atomic mass is 9.93. The summed E-state index contributed by atoms with van der Waals surface area (Å²) in [4.78, 5) is 11.4. The Morgan fingerprint density at radius 2 is 2.17 bits per heavy atom. The highest BCUT2D eigenvalue weighted by molar-refractivity contribution is 14.0. The minimum absolute atomic E-state index is 0. The number of piperidine rings is 1. The molecule has 2 atom stereocenters. The van der Waals surface area contributed by atoms with Gasteiger partial charge in [-0.2, -0.15) is 0 Å². The number of halogens is 1. The fourth-order valence-corrected chi connectivity index (χ4v) is 3.74. The van der Waals surface area contributed by atoms with Crippen LogP contribution < -0.4 is 10.1 Å². The molecule has 1 saturated heterocycles. The van der Waals surface area contributed by atoms with Gasteiger partial charge in [0.05, 0.1) is 39.2 Å². The molecular weight excluding hydrogens is 493 g/mol. The van der Waals surface area contributed by atoms with Crippen molar-refractivity contribution >= 4 is 29.9 Å². The number of likely N-dealkylation sites (tertiary alicyclic amines) is 1. The van der Waals surface area contributed by atoms with E-state index >= 15 is 0 Å². The maximum atomic E-state index is 5.83. The molecule has 8 heteroatoms. The monoisotopic (exact) mass is 527 g/mol. The molecule has 0 bridgehead atoms. The molecule has 1 aromatic heterocycles. The number of para-hydroxylation sites is 1. The number of nitrogens with one attached hydrogen (secondary N) is 1. The van der Waals surface area contributed by atoms with Gasteiger partial charge in [0.2, 0.25) is 0 Å². The smallest absolute Gasteiger partial charge is 0.194 e. The third-order valence-corrected chi connectivity index (χ3v) is 5.41. The van der Waals surface area contributed by atoms with Crippen molar-refractivity contribution in [3.05, 3.63) is 48.5 Å². The van der Waals surface area contributed by atoms with Crippen molar-refractivity contribution in [2.45, 2.75) is 32.9 Å². The van der Waals surface area contributed by atoms with Crippen molar-refractivity contribution in [2.24, 2.45) is 10.9 Å². The lowest BCUT2D eigenvalue weighted by molar-refractivity contribution is 0.126. The first-order valence-corrected chi connectivity index (χ1v) is 10.4. The normalized spacial score (nSPS) is 19.3. The van der Waals surface area contributed by atoms with Crippen molar-refractivity contribution in [1.29, 1.82) is 0 Å². The Hall–Kier alpha value is -1.81. The second kappa shape index (κ2) is 12.8. The molecule has 3 rings (SSSR count). The van der Waals surface area contributed by atoms with Crippen molar-refractivity contribution in [3.63, 3.8) is 0 Å². The highest BCUT2D eigenvalue weighted by atomic mass is 127. The Bertz CT molecular complexity index is 769. The first-order valence-electron chi connectivity index (χ1n) is 10.4. The average Bonchev–Trinajstić information content (AvgIpc) is 3.28. The van der Waals surface area contributed by atoms with Gasteiger partial charge in [0.1, 0.15) is 5.75 Å². The number of rotatable bonds is 8. The molecule has 1 aromatic carbocycles. The van der Waals surface area contributed by atoms with Crippen LogP contribution in [0.1, 0.15) is 31.9 Å². The van der Waals surface area contributed by atoms with Crippen LogP contribution in [0.4, 0.5) is 0 Å². The summed E-state index contributed by atoms with van der Waals surface area (Å²) in [6.45, 7) is 8.95. The molecule has 0 spiro atoms. The third-order valence-electron chi connectivity index (χ3n) is 5.41. The van der Waals surface area contributed by atoms with Crippen LogP contribution in [0.3, 0.4) is 0 Å². The van der Waals surface area contributed by atoms with E-state index in [1.54, 1.807) is 7.11 Å². The number of aromatic nitrogens is 2. The van der Waals surface area contributed by atoms with Crippen LogP contribution in [0.5, 0.6) is 5.75 Å². The molecule has 7 nitrogen and oxygen atoms in total. The number of methoxy groups -OCH3 is 1. The summed E-state index contributed by atoms with van der Waals surface area (Å²) in [5.74, 6) is 2.44. The number of guanidine groups is 1. The average molecular weight is 527 g/mol. The van der Waals surface area contributed by atoms with Gasteiger partial charge in [-0.25, -0.2) is 4.98 Å².